The molecule has 0 saturated carbocycles. The van der Waals surface area contributed by atoms with Crippen LogP contribution in [-0.4, -0.2) is 26.2 Å². The quantitative estimate of drug-likeness (QED) is 0.834. The Kier molecular flexibility index (Phi) is 4.69. The van der Waals surface area contributed by atoms with Gasteiger partial charge < -0.3 is 0 Å². The third-order valence-corrected chi connectivity index (χ3v) is 2.85. The van der Waals surface area contributed by atoms with Gasteiger partial charge in [-0.15, -0.1) is 0 Å². The molecule has 0 bridgehead atoms. The predicted molar refractivity (Wildman–Crippen MR) is 60.4 cm³/mol. The van der Waals surface area contributed by atoms with Gasteiger partial charge in [0.2, 0.25) is 10.0 Å². The molecule has 1 heterocycles. The number of halogens is 3. The van der Waals surface area contributed by atoms with Gasteiger partial charge >= 0.3 is 6.18 Å². The fraction of sp³-hybridized carbons (Fsp3) is 0.500. The second-order valence-electron chi connectivity index (χ2n) is 3.81. The number of aryl methyl sites for hydroxylation is 1. The number of nitrogens with zero attached hydrogens (tertiary/aromatic N) is 1. The van der Waals surface area contributed by atoms with Gasteiger partial charge in [-0.25, -0.2) is 13.1 Å². The fourth-order valence-electron chi connectivity index (χ4n) is 1.27. The highest BCUT2D eigenvalue weighted by molar-refractivity contribution is 7.88. The Bertz CT molecular complexity index is 483. The van der Waals surface area contributed by atoms with Crippen molar-refractivity contribution in [2.45, 2.75) is 19.0 Å². The number of nitrogens with one attached hydrogen (secondary N) is 1. The van der Waals surface area contributed by atoms with E-state index in [0.29, 0.717) is 18.5 Å². The zero-order valence-electron chi connectivity index (χ0n) is 9.66. The van der Waals surface area contributed by atoms with Crippen molar-refractivity contribution in [2.75, 3.05) is 12.8 Å². The molecule has 1 aromatic heterocycles. The number of rotatable bonds is 5. The lowest BCUT2D eigenvalue weighted by Crippen LogP contribution is -2.23. The Hall–Kier alpha value is -1.15. The van der Waals surface area contributed by atoms with Crippen LogP contribution in [-0.2, 0) is 22.6 Å². The van der Waals surface area contributed by atoms with E-state index in [1.807, 2.05) is 0 Å². The minimum absolute atomic E-state index is 0.238. The molecule has 0 atom stereocenters. The molecule has 1 N–H and O–H groups in total. The molecule has 0 amide bonds. The summed E-state index contributed by atoms with van der Waals surface area (Å²) in [7, 11) is -3.22. The third kappa shape index (κ3) is 5.46. The van der Waals surface area contributed by atoms with Crippen molar-refractivity contribution in [3.05, 3.63) is 29.6 Å². The highest BCUT2D eigenvalue weighted by atomic mass is 32.2. The second-order valence-corrected chi connectivity index (χ2v) is 5.64. The lowest BCUT2D eigenvalue weighted by molar-refractivity contribution is -0.137. The molecular weight excluding hydrogens is 269 g/mol. The molecule has 0 unspecified atom stereocenters. The average Bonchev–Trinajstić information content (AvgIpc) is 2.22. The minimum atomic E-state index is -4.39. The molecule has 0 aliphatic heterocycles. The first-order chi connectivity index (χ1) is 8.18. The Morgan fingerprint density at radius 1 is 1.33 bits per heavy atom. The van der Waals surface area contributed by atoms with Crippen molar-refractivity contribution in [1.82, 2.24) is 9.71 Å². The van der Waals surface area contributed by atoms with Crippen LogP contribution in [0.3, 0.4) is 0 Å². The Balaban J connectivity index is 2.45. The number of alkyl halides is 3. The van der Waals surface area contributed by atoms with Crippen molar-refractivity contribution in [3.8, 4) is 0 Å². The molecule has 0 spiro atoms. The van der Waals surface area contributed by atoms with E-state index < -0.39 is 21.8 Å². The lowest BCUT2D eigenvalue weighted by atomic mass is 10.2. The van der Waals surface area contributed by atoms with Crippen LogP contribution in [0.1, 0.15) is 17.7 Å². The number of sulfonamides is 1. The maximum Gasteiger partial charge on any atom is 0.417 e. The molecule has 4 nitrogen and oxygen atoms in total. The van der Waals surface area contributed by atoms with Crippen molar-refractivity contribution in [2.24, 2.45) is 0 Å². The summed E-state index contributed by atoms with van der Waals surface area (Å²) < 4.78 is 60.5. The van der Waals surface area contributed by atoms with Crippen LogP contribution in [0.4, 0.5) is 13.2 Å². The van der Waals surface area contributed by atoms with Gasteiger partial charge in [-0.2, -0.15) is 13.2 Å². The zero-order valence-corrected chi connectivity index (χ0v) is 10.5. The third-order valence-electron chi connectivity index (χ3n) is 2.13. The van der Waals surface area contributed by atoms with Gasteiger partial charge in [-0.3, -0.25) is 4.98 Å². The van der Waals surface area contributed by atoms with E-state index in [1.165, 1.54) is 6.07 Å². The molecular formula is C10H13F3N2O2S. The number of hydrogen-bond acceptors (Lipinski definition) is 3. The summed E-state index contributed by atoms with van der Waals surface area (Å²) in [5, 5.41) is 0. The molecule has 0 fully saturated rings. The summed E-state index contributed by atoms with van der Waals surface area (Å²) in [6, 6.07) is 2.26. The Morgan fingerprint density at radius 2 is 2.00 bits per heavy atom. The molecule has 0 aromatic carbocycles. The normalized spacial score (nSPS) is 12.7. The summed E-state index contributed by atoms with van der Waals surface area (Å²) in [5.74, 6) is 0. The van der Waals surface area contributed by atoms with Crippen molar-refractivity contribution in [3.63, 3.8) is 0 Å². The van der Waals surface area contributed by atoms with Crippen LogP contribution in [0, 0.1) is 0 Å². The van der Waals surface area contributed by atoms with Gasteiger partial charge in [0.15, 0.2) is 0 Å². The Morgan fingerprint density at radius 3 is 2.44 bits per heavy atom. The molecule has 8 heteroatoms. The zero-order chi connectivity index (χ0) is 13.8. The molecule has 1 aromatic rings. The number of pyridine rings is 1. The Labute approximate surface area is 103 Å². The van der Waals surface area contributed by atoms with E-state index in [1.54, 1.807) is 0 Å². The smallest absolute Gasteiger partial charge is 0.261 e. The first kappa shape index (κ1) is 14.9. The van der Waals surface area contributed by atoms with Crippen molar-refractivity contribution < 1.29 is 21.6 Å². The minimum Gasteiger partial charge on any atom is -0.261 e. The maximum atomic E-state index is 12.2. The van der Waals surface area contributed by atoms with Crippen molar-refractivity contribution >= 4 is 10.0 Å². The highest BCUT2D eigenvalue weighted by Gasteiger charge is 2.30. The summed E-state index contributed by atoms with van der Waals surface area (Å²) in [5.41, 5.74) is -0.293. The SMILES string of the molecule is CS(=O)(=O)NCCCc1ccc(C(F)(F)F)cn1. The van der Waals surface area contributed by atoms with Gasteiger partial charge in [0, 0.05) is 18.4 Å². The van der Waals surface area contributed by atoms with Crippen LogP contribution >= 0.6 is 0 Å². The van der Waals surface area contributed by atoms with Crippen LogP contribution in [0.15, 0.2) is 18.3 Å². The lowest BCUT2D eigenvalue weighted by Gasteiger charge is -2.07. The van der Waals surface area contributed by atoms with E-state index in [-0.39, 0.29) is 6.54 Å². The van der Waals surface area contributed by atoms with Gasteiger partial charge in [0.25, 0.3) is 0 Å². The molecule has 0 saturated heterocycles. The van der Waals surface area contributed by atoms with Gasteiger partial charge in [-0.1, -0.05) is 0 Å². The van der Waals surface area contributed by atoms with E-state index in [4.69, 9.17) is 0 Å². The monoisotopic (exact) mass is 282 g/mol. The maximum absolute atomic E-state index is 12.2. The molecule has 18 heavy (non-hydrogen) atoms. The van der Waals surface area contributed by atoms with E-state index in [9.17, 15) is 21.6 Å². The first-order valence-corrected chi connectivity index (χ1v) is 7.04. The van der Waals surface area contributed by atoms with Gasteiger partial charge in [0.1, 0.15) is 0 Å². The topological polar surface area (TPSA) is 59.1 Å². The summed E-state index contributed by atoms with van der Waals surface area (Å²) in [6.45, 7) is 0.238. The average molecular weight is 282 g/mol. The molecule has 0 radical (unpaired) electrons. The number of aromatic nitrogens is 1. The van der Waals surface area contributed by atoms with E-state index in [2.05, 4.69) is 9.71 Å². The molecule has 1 rings (SSSR count). The second kappa shape index (κ2) is 5.66. The first-order valence-electron chi connectivity index (χ1n) is 5.15. The van der Waals surface area contributed by atoms with E-state index in [0.717, 1.165) is 18.5 Å². The predicted octanol–water partition coefficient (Wildman–Crippen LogP) is 1.58. The van der Waals surface area contributed by atoms with Gasteiger partial charge in [0.05, 0.1) is 11.8 Å². The van der Waals surface area contributed by atoms with E-state index >= 15 is 0 Å². The highest BCUT2D eigenvalue weighted by Crippen LogP contribution is 2.28. The summed E-state index contributed by atoms with van der Waals surface area (Å²) in [6.07, 6.45) is -1.67. The number of hydrogen-bond donors (Lipinski definition) is 1. The summed E-state index contributed by atoms with van der Waals surface area (Å²) >= 11 is 0. The van der Waals surface area contributed by atoms with Gasteiger partial charge in [-0.05, 0) is 25.0 Å². The van der Waals surface area contributed by atoms with Crippen molar-refractivity contribution in [1.29, 1.82) is 0 Å². The summed E-state index contributed by atoms with van der Waals surface area (Å²) in [4.78, 5) is 3.68. The van der Waals surface area contributed by atoms with Crippen LogP contribution < -0.4 is 4.72 Å². The largest absolute Gasteiger partial charge is 0.417 e. The molecule has 0 aliphatic carbocycles. The van der Waals surface area contributed by atoms with Crippen LogP contribution in [0.2, 0.25) is 0 Å². The molecule has 0 aliphatic rings. The van der Waals surface area contributed by atoms with Crippen LogP contribution in [0.5, 0.6) is 0 Å². The van der Waals surface area contributed by atoms with Crippen LogP contribution in [0.25, 0.3) is 0 Å². The molecule has 102 valence electrons. The standard InChI is InChI=1S/C10H13F3N2O2S/c1-18(16,17)15-6-2-3-9-5-4-8(7-14-9)10(11,12)13/h4-5,7,15H,2-3,6H2,1H3. The fourth-order valence-corrected chi connectivity index (χ4v) is 1.78.